The number of unbranched alkanes of at least 4 members (excludes halogenated alkanes) is 7. The van der Waals surface area contributed by atoms with Crippen LogP contribution >= 0.6 is 0 Å². The van der Waals surface area contributed by atoms with Crippen LogP contribution in [0.2, 0.25) is 0 Å². The fourth-order valence-electron chi connectivity index (χ4n) is 2.90. The van der Waals surface area contributed by atoms with E-state index in [0.29, 0.717) is 6.61 Å². The molecule has 1 aromatic carbocycles. The lowest BCUT2D eigenvalue weighted by Crippen LogP contribution is -2.16. The number of rotatable bonds is 14. The van der Waals surface area contributed by atoms with Crippen LogP contribution in [0.25, 0.3) is 0 Å². The van der Waals surface area contributed by atoms with Crippen molar-refractivity contribution in [2.75, 3.05) is 13.2 Å². The molecule has 1 aliphatic rings. The highest BCUT2D eigenvalue weighted by molar-refractivity contribution is 5.27. The Hall–Kier alpha value is -1.28. The number of hydrogen-bond donors (Lipinski definition) is 0. The molecule has 2 heteroatoms. The third-order valence-corrected chi connectivity index (χ3v) is 4.81. The van der Waals surface area contributed by atoms with E-state index in [1.54, 1.807) is 0 Å². The van der Waals surface area contributed by atoms with Gasteiger partial charge in [0.25, 0.3) is 0 Å². The minimum Gasteiger partial charge on any atom is -0.491 e. The Balaban J connectivity index is 1.45. The number of epoxide rings is 1. The summed E-state index contributed by atoms with van der Waals surface area (Å²) in [5.74, 6) is 0.952. The second-order valence-electron chi connectivity index (χ2n) is 7.59. The molecule has 0 aliphatic carbocycles. The van der Waals surface area contributed by atoms with Gasteiger partial charge in [0.15, 0.2) is 0 Å². The first-order valence-electron chi connectivity index (χ1n) is 10.2. The van der Waals surface area contributed by atoms with Gasteiger partial charge in [-0.25, -0.2) is 0 Å². The van der Waals surface area contributed by atoms with Crippen molar-refractivity contribution in [2.24, 2.45) is 0 Å². The van der Waals surface area contributed by atoms with Crippen LogP contribution < -0.4 is 4.74 Å². The second-order valence-corrected chi connectivity index (χ2v) is 7.59. The van der Waals surface area contributed by atoms with Gasteiger partial charge in [0.1, 0.15) is 18.0 Å². The highest BCUT2D eigenvalue weighted by atomic mass is 16.6. The van der Waals surface area contributed by atoms with Crippen molar-refractivity contribution >= 4 is 0 Å². The Bertz CT molecular complexity index is 485. The van der Waals surface area contributed by atoms with Gasteiger partial charge in [-0.05, 0) is 56.7 Å². The van der Waals surface area contributed by atoms with Crippen molar-refractivity contribution in [1.82, 2.24) is 0 Å². The molecule has 25 heavy (non-hydrogen) atoms. The van der Waals surface area contributed by atoms with Gasteiger partial charge in [-0.1, -0.05) is 63.3 Å². The van der Waals surface area contributed by atoms with Gasteiger partial charge in [-0.15, -0.1) is 0 Å². The Labute approximate surface area is 154 Å². The van der Waals surface area contributed by atoms with Gasteiger partial charge in [0, 0.05) is 0 Å². The first-order valence-corrected chi connectivity index (χ1v) is 10.2. The standard InChI is InChI=1S/C23H36O2/c1-3-4-5-6-7-8-9-10-11-12-13-14-21-15-17-22(18-16-21)24-19-23(2)20-25-23/h5-6,15-18H,3-4,7-14,19-20H2,1-2H3/b6-5+. The molecule has 0 amide bonds. The molecular formula is C23H36O2. The molecule has 1 aliphatic heterocycles. The van der Waals surface area contributed by atoms with E-state index < -0.39 is 0 Å². The third-order valence-electron chi connectivity index (χ3n) is 4.81. The molecule has 1 heterocycles. The smallest absolute Gasteiger partial charge is 0.123 e. The number of allylic oxidation sites excluding steroid dienone is 2. The molecular weight excluding hydrogens is 308 g/mol. The zero-order chi connectivity index (χ0) is 17.8. The van der Waals surface area contributed by atoms with E-state index in [0.717, 1.165) is 12.4 Å². The summed E-state index contributed by atoms with van der Waals surface area (Å²) in [7, 11) is 0. The van der Waals surface area contributed by atoms with Crippen LogP contribution in [0.15, 0.2) is 36.4 Å². The van der Waals surface area contributed by atoms with E-state index in [4.69, 9.17) is 9.47 Å². The summed E-state index contributed by atoms with van der Waals surface area (Å²) in [4.78, 5) is 0. The zero-order valence-electron chi connectivity index (χ0n) is 16.3. The highest BCUT2D eigenvalue weighted by Crippen LogP contribution is 2.27. The quantitative estimate of drug-likeness (QED) is 0.219. The van der Waals surface area contributed by atoms with Crippen LogP contribution in [-0.2, 0) is 11.2 Å². The van der Waals surface area contributed by atoms with E-state index in [9.17, 15) is 0 Å². The van der Waals surface area contributed by atoms with Crippen LogP contribution in [0.5, 0.6) is 5.75 Å². The summed E-state index contributed by atoms with van der Waals surface area (Å²) in [5.41, 5.74) is 1.38. The van der Waals surface area contributed by atoms with E-state index >= 15 is 0 Å². The number of benzene rings is 1. The van der Waals surface area contributed by atoms with E-state index in [-0.39, 0.29) is 5.60 Å². The Morgan fingerprint density at radius 1 is 0.960 bits per heavy atom. The average Bonchev–Trinajstić information content (AvgIpc) is 3.37. The van der Waals surface area contributed by atoms with Crippen LogP contribution in [0, 0.1) is 0 Å². The van der Waals surface area contributed by atoms with Crippen LogP contribution in [0.1, 0.15) is 77.2 Å². The summed E-state index contributed by atoms with van der Waals surface area (Å²) in [6, 6.07) is 8.59. The molecule has 1 fully saturated rings. The summed E-state index contributed by atoms with van der Waals surface area (Å²) in [6.07, 6.45) is 17.8. The minimum absolute atomic E-state index is 0.0372. The Morgan fingerprint density at radius 3 is 2.28 bits per heavy atom. The maximum absolute atomic E-state index is 5.77. The second kappa shape index (κ2) is 11.4. The molecule has 0 aromatic heterocycles. The minimum atomic E-state index is -0.0372. The van der Waals surface area contributed by atoms with E-state index in [1.807, 2.05) is 0 Å². The monoisotopic (exact) mass is 344 g/mol. The maximum Gasteiger partial charge on any atom is 0.123 e. The number of ether oxygens (including phenoxy) is 2. The molecule has 0 N–H and O–H groups in total. The SMILES string of the molecule is CCC/C=C/CCCCCCCCc1ccc(OCC2(C)CO2)cc1. The van der Waals surface area contributed by atoms with Crippen LogP contribution in [-0.4, -0.2) is 18.8 Å². The lowest BCUT2D eigenvalue weighted by Gasteiger charge is -2.09. The predicted molar refractivity (Wildman–Crippen MR) is 106 cm³/mol. The molecule has 1 saturated heterocycles. The number of aryl methyl sites for hydroxylation is 1. The fourth-order valence-corrected chi connectivity index (χ4v) is 2.90. The molecule has 2 rings (SSSR count). The third kappa shape index (κ3) is 9.11. The van der Waals surface area contributed by atoms with Gasteiger partial charge >= 0.3 is 0 Å². The Morgan fingerprint density at radius 2 is 1.60 bits per heavy atom. The fraction of sp³-hybridized carbons (Fsp3) is 0.652. The lowest BCUT2D eigenvalue weighted by atomic mass is 10.0. The summed E-state index contributed by atoms with van der Waals surface area (Å²) in [6.45, 7) is 5.79. The summed E-state index contributed by atoms with van der Waals surface area (Å²) < 4.78 is 11.1. The number of hydrogen-bond acceptors (Lipinski definition) is 2. The molecule has 1 unspecified atom stereocenters. The molecule has 2 nitrogen and oxygen atoms in total. The molecule has 0 spiro atoms. The molecule has 1 atom stereocenters. The maximum atomic E-state index is 5.77. The molecule has 0 radical (unpaired) electrons. The Kier molecular flexibility index (Phi) is 9.10. The first-order chi connectivity index (χ1) is 12.2. The largest absolute Gasteiger partial charge is 0.491 e. The van der Waals surface area contributed by atoms with Gasteiger partial charge in [-0.3, -0.25) is 0 Å². The molecule has 0 saturated carbocycles. The topological polar surface area (TPSA) is 21.8 Å². The van der Waals surface area contributed by atoms with Gasteiger partial charge in [0.2, 0.25) is 0 Å². The predicted octanol–water partition coefficient (Wildman–Crippen LogP) is 6.48. The summed E-state index contributed by atoms with van der Waals surface area (Å²) >= 11 is 0. The molecule has 1 aromatic rings. The highest BCUT2D eigenvalue weighted by Gasteiger charge is 2.40. The first kappa shape index (κ1) is 20.0. The van der Waals surface area contributed by atoms with Crippen molar-refractivity contribution < 1.29 is 9.47 Å². The van der Waals surface area contributed by atoms with Crippen molar-refractivity contribution in [3.05, 3.63) is 42.0 Å². The van der Waals surface area contributed by atoms with Gasteiger partial charge in [-0.2, -0.15) is 0 Å². The van der Waals surface area contributed by atoms with E-state index in [2.05, 4.69) is 50.3 Å². The van der Waals surface area contributed by atoms with Crippen LogP contribution in [0.3, 0.4) is 0 Å². The summed E-state index contributed by atoms with van der Waals surface area (Å²) in [5, 5.41) is 0. The van der Waals surface area contributed by atoms with Gasteiger partial charge in [0.05, 0.1) is 6.61 Å². The normalized spacial score (nSPS) is 19.4. The van der Waals surface area contributed by atoms with Crippen molar-refractivity contribution in [2.45, 2.75) is 83.7 Å². The molecule has 140 valence electrons. The lowest BCUT2D eigenvalue weighted by molar-refractivity contribution is 0.202. The van der Waals surface area contributed by atoms with E-state index in [1.165, 1.54) is 69.8 Å². The van der Waals surface area contributed by atoms with Crippen molar-refractivity contribution in [3.8, 4) is 5.75 Å². The zero-order valence-corrected chi connectivity index (χ0v) is 16.3. The van der Waals surface area contributed by atoms with Gasteiger partial charge < -0.3 is 9.47 Å². The molecule has 0 bridgehead atoms. The van der Waals surface area contributed by atoms with Crippen molar-refractivity contribution in [3.63, 3.8) is 0 Å². The average molecular weight is 345 g/mol. The van der Waals surface area contributed by atoms with Crippen LogP contribution in [0.4, 0.5) is 0 Å². The van der Waals surface area contributed by atoms with Crippen molar-refractivity contribution in [1.29, 1.82) is 0 Å².